The van der Waals surface area contributed by atoms with E-state index in [-0.39, 0.29) is 22.3 Å². The van der Waals surface area contributed by atoms with Gasteiger partial charge in [-0.1, -0.05) is 24.6 Å². The van der Waals surface area contributed by atoms with Crippen molar-refractivity contribution in [2.75, 3.05) is 24.4 Å². The molecule has 0 aliphatic carbocycles. The number of hydrogen-bond donors (Lipinski definition) is 1. The number of fused-ring (bicyclic) bond motifs is 3. The molecular weight excluding hydrogens is 510 g/mol. The van der Waals surface area contributed by atoms with Crippen molar-refractivity contribution in [1.29, 1.82) is 0 Å². The van der Waals surface area contributed by atoms with E-state index in [0.717, 1.165) is 77.6 Å². The number of hydrogen-bond acceptors (Lipinski definition) is 5. The second kappa shape index (κ2) is 9.24. The number of piperidine rings is 1. The monoisotopic (exact) mass is 547 g/mol. The number of anilines is 1. The number of ether oxygens (including phenoxy) is 1. The number of benzene rings is 2. The van der Waals surface area contributed by atoms with E-state index in [1.165, 1.54) is 0 Å². The van der Waals surface area contributed by atoms with Gasteiger partial charge in [-0.2, -0.15) is 0 Å². The zero-order valence-corrected chi connectivity index (χ0v) is 24.2. The molecule has 206 valence electrons. The second-order valence-corrected chi connectivity index (χ2v) is 13.1. The summed E-state index contributed by atoms with van der Waals surface area (Å²) >= 11 is 0. The average Bonchev–Trinajstić information content (AvgIpc) is 3.24. The van der Waals surface area contributed by atoms with Gasteiger partial charge in [-0.15, -0.1) is 0 Å². The summed E-state index contributed by atoms with van der Waals surface area (Å²) in [7, 11) is -3.83. The topological polar surface area (TPSA) is 80.6 Å². The minimum Gasteiger partial charge on any atom is -0.461 e. The Morgan fingerprint density at radius 3 is 2.54 bits per heavy atom. The van der Waals surface area contributed by atoms with Gasteiger partial charge in [0.25, 0.3) is 10.0 Å². The number of rotatable bonds is 6. The molecule has 7 nitrogen and oxygen atoms in total. The zero-order chi connectivity index (χ0) is 27.7. The standard InChI is InChI=1S/C31H37N3O4S/c1-6-31-12-8-13-33-14-11-23-24-17-22(39(36,37)32-27-20(4)15-19(3)16-21(27)5)9-10-25(24)34(28(23)29(31)33)26(18-31)30(35)38-7-2/h9-10,15-18,29,32H,6-8,11-14H2,1-5H3/t29-,31+/m1/s1. The fourth-order valence-corrected chi connectivity index (χ4v) is 8.59. The third kappa shape index (κ3) is 3.94. The molecule has 39 heavy (non-hydrogen) atoms. The number of nitrogens with zero attached hydrogens (tertiary/aromatic N) is 2. The lowest BCUT2D eigenvalue weighted by Gasteiger charge is -2.53. The first kappa shape index (κ1) is 26.1. The van der Waals surface area contributed by atoms with Gasteiger partial charge in [-0.25, -0.2) is 13.2 Å². The van der Waals surface area contributed by atoms with Gasteiger partial charge in [-0.3, -0.25) is 9.62 Å². The summed E-state index contributed by atoms with van der Waals surface area (Å²) < 4.78 is 37.8. The van der Waals surface area contributed by atoms with Gasteiger partial charge in [0.2, 0.25) is 0 Å². The minimum absolute atomic E-state index is 0.142. The van der Waals surface area contributed by atoms with Crippen LogP contribution < -0.4 is 4.72 Å². The SMILES string of the molecule is CCOC(=O)C1=C[C@]2(CC)CCCN3CCc4c(n1c1ccc(S(=O)(=O)Nc5c(C)cc(C)cc5C)cc41)[C@@H]32. The normalized spacial score (nSPS) is 22.4. The molecule has 0 bridgehead atoms. The largest absolute Gasteiger partial charge is 0.461 e. The van der Waals surface area contributed by atoms with Crippen molar-refractivity contribution in [2.24, 2.45) is 5.41 Å². The van der Waals surface area contributed by atoms with Gasteiger partial charge < -0.3 is 9.30 Å². The first-order valence-corrected chi connectivity index (χ1v) is 15.5. The number of carbonyl (C=O) groups excluding carboxylic acids is 1. The summed E-state index contributed by atoms with van der Waals surface area (Å²) in [4.78, 5) is 16.1. The Morgan fingerprint density at radius 1 is 1.10 bits per heavy atom. The average molecular weight is 548 g/mol. The molecule has 4 heterocycles. The lowest BCUT2D eigenvalue weighted by atomic mass is 9.66. The molecule has 1 saturated heterocycles. The van der Waals surface area contributed by atoms with Crippen molar-refractivity contribution in [2.45, 2.75) is 71.2 Å². The third-order valence-corrected chi connectivity index (χ3v) is 10.4. The van der Waals surface area contributed by atoms with Crippen LogP contribution in [0.1, 0.15) is 67.1 Å². The highest BCUT2D eigenvalue weighted by Crippen LogP contribution is 2.57. The summed E-state index contributed by atoms with van der Waals surface area (Å²) in [6, 6.07) is 9.45. The smallest absolute Gasteiger partial charge is 0.354 e. The van der Waals surface area contributed by atoms with E-state index < -0.39 is 10.0 Å². The Morgan fingerprint density at radius 2 is 1.85 bits per heavy atom. The Labute approximate surface area is 230 Å². The maximum absolute atomic E-state index is 13.7. The molecule has 3 aromatic rings. The second-order valence-electron chi connectivity index (χ2n) is 11.4. The third-order valence-electron chi connectivity index (χ3n) is 9.02. The highest BCUT2D eigenvalue weighted by atomic mass is 32.2. The molecule has 3 aliphatic rings. The van der Waals surface area contributed by atoms with Crippen molar-refractivity contribution in [3.05, 3.63) is 64.4 Å². The summed E-state index contributed by atoms with van der Waals surface area (Å²) in [5, 5.41) is 0.901. The Balaban J connectivity index is 1.53. The predicted molar refractivity (Wildman–Crippen MR) is 154 cm³/mol. The number of aryl methyl sites for hydroxylation is 3. The number of aromatic nitrogens is 1. The summed E-state index contributed by atoms with van der Waals surface area (Å²) in [6.45, 7) is 12.2. The minimum atomic E-state index is -3.83. The maximum atomic E-state index is 13.7. The van der Waals surface area contributed by atoms with Crippen LogP contribution in [0.3, 0.4) is 0 Å². The summed E-state index contributed by atoms with van der Waals surface area (Å²) in [6.07, 6.45) is 6.03. The van der Waals surface area contributed by atoms with Gasteiger partial charge in [0.05, 0.1) is 28.7 Å². The Kier molecular flexibility index (Phi) is 6.19. The molecule has 0 spiro atoms. The lowest BCUT2D eigenvalue weighted by molar-refractivity contribution is -0.136. The first-order chi connectivity index (χ1) is 18.6. The molecule has 0 radical (unpaired) electrons. The Bertz CT molecular complexity index is 1630. The van der Waals surface area contributed by atoms with Crippen LogP contribution in [0.2, 0.25) is 0 Å². The van der Waals surface area contributed by atoms with Crippen molar-refractivity contribution in [3.8, 4) is 0 Å². The zero-order valence-electron chi connectivity index (χ0n) is 23.4. The van der Waals surface area contributed by atoms with Crippen LogP contribution in [0.4, 0.5) is 5.69 Å². The van der Waals surface area contributed by atoms with E-state index in [2.05, 4.69) is 27.2 Å². The van der Waals surface area contributed by atoms with Crippen LogP contribution in [0.15, 0.2) is 41.3 Å². The molecule has 8 heteroatoms. The number of esters is 1. The number of carbonyl (C=O) groups is 1. The maximum Gasteiger partial charge on any atom is 0.354 e. The van der Waals surface area contributed by atoms with Crippen molar-refractivity contribution < 1.29 is 17.9 Å². The molecule has 1 fully saturated rings. The van der Waals surface area contributed by atoms with Gasteiger partial charge in [0, 0.05) is 23.0 Å². The van der Waals surface area contributed by atoms with E-state index in [9.17, 15) is 13.2 Å². The van der Waals surface area contributed by atoms with Crippen LogP contribution in [0.5, 0.6) is 0 Å². The highest BCUT2D eigenvalue weighted by molar-refractivity contribution is 7.92. The van der Waals surface area contributed by atoms with Gasteiger partial charge >= 0.3 is 5.97 Å². The van der Waals surface area contributed by atoms with Crippen LogP contribution in [0, 0.1) is 26.2 Å². The fraction of sp³-hybridized carbons (Fsp3) is 0.452. The quantitative estimate of drug-likeness (QED) is 0.390. The number of nitrogens with one attached hydrogen (secondary N) is 1. The lowest BCUT2D eigenvalue weighted by Crippen LogP contribution is -2.51. The molecular formula is C31H37N3O4S. The van der Waals surface area contributed by atoms with Crippen molar-refractivity contribution in [3.63, 3.8) is 0 Å². The first-order valence-electron chi connectivity index (χ1n) is 14.0. The molecule has 0 saturated carbocycles. The van der Waals surface area contributed by atoms with E-state index in [1.807, 2.05) is 45.9 Å². The van der Waals surface area contributed by atoms with Crippen LogP contribution in [-0.2, 0) is 26.0 Å². The molecule has 2 aromatic carbocycles. The van der Waals surface area contributed by atoms with Crippen molar-refractivity contribution in [1.82, 2.24) is 9.47 Å². The van der Waals surface area contributed by atoms with Gasteiger partial charge in [-0.05, 0) is 101 Å². The Hall–Kier alpha value is -3.10. The molecule has 0 unspecified atom stereocenters. The molecule has 1 N–H and O–H groups in total. The summed E-state index contributed by atoms with van der Waals surface area (Å²) in [5.74, 6) is -0.324. The predicted octanol–water partition coefficient (Wildman–Crippen LogP) is 5.87. The van der Waals surface area contributed by atoms with Crippen LogP contribution >= 0.6 is 0 Å². The highest BCUT2D eigenvalue weighted by Gasteiger charge is 2.51. The summed E-state index contributed by atoms with van der Waals surface area (Å²) in [5.41, 5.74) is 7.07. The van der Waals surface area contributed by atoms with E-state index in [1.54, 1.807) is 12.1 Å². The molecule has 1 aromatic heterocycles. The fourth-order valence-electron chi connectivity index (χ4n) is 7.36. The van der Waals surface area contributed by atoms with Gasteiger partial charge in [0.15, 0.2) is 0 Å². The van der Waals surface area contributed by atoms with Crippen LogP contribution in [0.25, 0.3) is 16.6 Å². The molecule has 0 amide bonds. The van der Waals surface area contributed by atoms with Crippen molar-refractivity contribution >= 4 is 38.3 Å². The van der Waals surface area contributed by atoms with E-state index >= 15 is 0 Å². The molecule has 2 atom stereocenters. The molecule has 6 rings (SSSR count). The molecule has 3 aliphatic heterocycles. The van der Waals surface area contributed by atoms with Crippen LogP contribution in [-0.4, -0.2) is 43.6 Å². The van der Waals surface area contributed by atoms with Gasteiger partial charge in [0.1, 0.15) is 5.70 Å². The number of sulfonamides is 1. The van der Waals surface area contributed by atoms with E-state index in [0.29, 0.717) is 18.0 Å². The van der Waals surface area contributed by atoms with E-state index in [4.69, 9.17) is 4.74 Å².